The fourth-order valence-corrected chi connectivity index (χ4v) is 3.59. The number of aryl methyl sites for hydroxylation is 1. The van der Waals surface area contributed by atoms with E-state index in [1.54, 1.807) is 0 Å². The minimum atomic E-state index is -0.365. The van der Waals surface area contributed by atoms with Gasteiger partial charge in [0.25, 0.3) is 0 Å². The molecule has 0 spiro atoms. The summed E-state index contributed by atoms with van der Waals surface area (Å²) in [7, 11) is 0. The van der Waals surface area contributed by atoms with Crippen LogP contribution in [0.3, 0.4) is 0 Å². The standard InChI is InChI=1S/C13H17Cl2NS/c1-2-16-11(13(14)15)7-9-3-4-10-5-6-17-12(10)8-9/h3-4,8,11,13,16H,2,5-7H2,1H3. The van der Waals surface area contributed by atoms with Gasteiger partial charge in [-0.15, -0.1) is 35.0 Å². The lowest BCUT2D eigenvalue weighted by molar-refractivity contribution is 0.551. The van der Waals surface area contributed by atoms with Crippen LogP contribution in [0, 0.1) is 0 Å². The van der Waals surface area contributed by atoms with Crippen LogP contribution in [0.25, 0.3) is 0 Å². The van der Waals surface area contributed by atoms with Crippen molar-refractivity contribution in [3.8, 4) is 0 Å². The van der Waals surface area contributed by atoms with Gasteiger partial charge in [0, 0.05) is 16.7 Å². The molecule has 1 unspecified atom stereocenters. The molecule has 0 radical (unpaired) electrons. The topological polar surface area (TPSA) is 12.0 Å². The number of hydrogen-bond donors (Lipinski definition) is 1. The van der Waals surface area contributed by atoms with Crippen LogP contribution < -0.4 is 5.32 Å². The molecule has 1 aromatic carbocycles. The van der Waals surface area contributed by atoms with Gasteiger partial charge in [0.15, 0.2) is 0 Å². The van der Waals surface area contributed by atoms with Crippen molar-refractivity contribution in [3.63, 3.8) is 0 Å². The molecule has 0 saturated carbocycles. The SMILES string of the molecule is CCNC(Cc1ccc2c(c1)SCC2)C(Cl)Cl. The number of halogens is 2. The molecule has 2 rings (SSSR count). The molecule has 0 amide bonds. The number of thioether (sulfide) groups is 1. The van der Waals surface area contributed by atoms with Gasteiger partial charge in [-0.2, -0.15) is 0 Å². The van der Waals surface area contributed by atoms with Crippen LogP contribution in [-0.4, -0.2) is 23.2 Å². The van der Waals surface area contributed by atoms with Gasteiger partial charge in [-0.05, 0) is 36.6 Å². The van der Waals surface area contributed by atoms with Crippen LogP contribution in [0.4, 0.5) is 0 Å². The number of fused-ring (bicyclic) bond motifs is 1. The molecular weight excluding hydrogens is 273 g/mol. The van der Waals surface area contributed by atoms with E-state index in [1.807, 2.05) is 11.8 Å². The zero-order valence-electron chi connectivity index (χ0n) is 9.88. The summed E-state index contributed by atoms with van der Waals surface area (Å²) in [6.45, 7) is 2.96. The van der Waals surface area contributed by atoms with Crippen LogP contribution in [0.1, 0.15) is 18.1 Å². The van der Waals surface area contributed by atoms with Crippen LogP contribution in [0.5, 0.6) is 0 Å². The number of hydrogen-bond acceptors (Lipinski definition) is 2. The molecule has 1 atom stereocenters. The minimum Gasteiger partial charge on any atom is -0.311 e. The van der Waals surface area contributed by atoms with E-state index in [0.29, 0.717) is 0 Å². The average Bonchev–Trinajstić information content (AvgIpc) is 2.75. The van der Waals surface area contributed by atoms with Gasteiger partial charge in [-0.25, -0.2) is 0 Å². The van der Waals surface area contributed by atoms with Crippen molar-refractivity contribution in [2.24, 2.45) is 0 Å². The number of alkyl halides is 2. The van der Waals surface area contributed by atoms with Crippen molar-refractivity contribution in [1.82, 2.24) is 5.32 Å². The van der Waals surface area contributed by atoms with E-state index in [9.17, 15) is 0 Å². The van der Waals surface area contributed by atoms with E-state index >= 15 is 0 Å². The number of likely N-dealkylation sites (N-methyl/N-ethyl adjacent to an activating group) is 1. The van der Waals surface area contributed by atoms with Gasteiger partial charge in [-0.1, -0.05) is 19.1 Å². The quantitative estimate of drug-likeness (QED) is 0.831. The van der Waals surface area contributed by atoms with Gasteiger partial charge in [0.05, 0.1) is 0 Å². The molecule has 1 aromatic rings. The normalized spacial score (nSPS) is 16.2. The first-order valence-corrected chi connectivity index (χ1v) is 7.82. The lowest BCUT2D eigenvalue weighted by Gasteiger charge is -2.19. The maximum Gasteiger partial charge on any atom is 0.123 e. The van der Waals surface area contributed by atoms with Crippen molar-refractivity contribution >= 4 is 35.0 Å². The van der Waals surface area contributed by atoms with Gasteiger partial charge in [-0.3, -0.25) is 0 Å². The Hall–Kier alpha value is 0.110. The Kier molecular flexibility index (Phi) is 5.04. The maximum atomic E-state index is 5.99. The van der Waals surface area contributed by atoms with Crippen LogP contribution in [0.2, 0.25) is 0 Å². The number of nitrogens with one attached hydrogen (secondary N) is 1. The molecule has 94 valence electrons. The molecule has 0 aliphatic carbocycles. The lowest BCUT2D eigenvalue weighted by Crippen LogP contribution is -2.36. The van der Waals surface area contributed by atoms with Crippen molar-refractivity contribution in [2.45, 2.75) is 35.5 Å². The fraction of sp³-hybridized carbons (Fsp3) is 0.538. The first kappa shape index (κ1) is 13.5. The maximum absolute atomic E-state index is 5.99. The van der Waals surface area contributed by atoms with Gasteiger partial charge < -0.3 is 5.32 Å². The van der Waals surface area contributed by atoms with Crippen molar-refractivity contribution in [1.29, 1.82) is 0 Å². The zero-order chi connectivity index (χ0) is 12.3. The molecule has 1 heterocycles. The summed E-state index contributed by atoms with van der Waals surface area (Å²) in [5, 5.41) is 3.33. The Bertz CT molecular complexity index is 382. The molecule has 0 bridgehead atoms. The van der Waals surface area contributed by atoms with E-state index in [-0.39, 0.29) is 10.9 Å². The molecule has 1 aliphatic heterocycles. The summed E-state index contributed by atoms with van der Waals surface area (Å²) in [5.41, 5.74) is 2.79. The molecule has 1 N–H and O–H groups in total. The largest absolute Gasteiger partial charge is 0.311 e. The Morgan fingerprint density at radius 3 is 2.94 bits per heavy atom. The van der Waals surface area contributed by atoms with Gasteiger partial charge in [0.2, 0.25) is 0 Å². The van der Waals surface area contributed by atoms with E-state index in [2.05, 4.69) is 30.4 Å². The molecule has 0 fully saturated rings. The van der Waals surface area contributed by atoms with Crippen LogP contribution in [0.15, 0.2) is 23.1 Å². The van der Waals surface area contributed by atoms with E-state index in [4.69, 9.17) is 23.2 Å². The lowest BCUT2D eigenvalue weighted by atomic mass is 10.0. The van der Waals surface area contributed by atoms with Gasteiger partial charge in [0.1, 0.15) is 4.84 Å². The highest BCUT2D eigenvalue weighted by Crippen LogP contribution is 2.32. The first-order valence-electron chi connectivity index (χ1n) is 5.97. The molecule has 17 heavy (non-hydrogen) atoms. The smallest absolute Gasteiger partial charge is 0.123 e. The summed E-state index contributed by atoms with van der Waals surface area (Å²) in [6, 6.07) is 6.86. The molecule has 0 aromatic heterocycles. The summed E-state index contributed by atoms with van der Waals surface area (Å²) in [4.78, 5) is 1.06. The monoisotopic (exact) mass is 289 g/mol. The summed E-state index contributed by atoms with van der Waals surface area (Å²) >= 11 is 13.9. The molecule has 0 saturated heterocycles. The third-order valence-electron chi connectivity index (χ3n) is 2.99. The highest BCUT2D eigenvalue weighted by molar-refractivity contribution is 7.99. The van der Waals surface area contributed by atoms with E-state index in [1.165, 1.54) is 28.2 Å². The second-order valence-electron chi connectivity index (χ2n) is 4.24. The Labute approximate surface area is 117 Å². The average molecular weight is 290 g/mol. The van der Waals surface area contributed by atoms with Crippen LogP contribution in [-0.2, 0) is 12.8 Å². The van der Waals surface area contributed by atoms with Crippen LogP contribution >= 0.6 is 35.0 Å². The van der Waals surface area contributed by atoms with Crippen molar-refractivity contribution in [3.05, 3.63) is 29.3 Å². The summed E-state index contributed by atoms with van der Waals surface area (Å²) in [6.07, 6.45) is 2.09. The predicted molar refractivity (Wildman–Crippen MR) is 77.5 cm³/mol. The molecule has 4 heteroatoms. The second kappa shape index (κ2) is 6.33. The molecule has 1 nitrogen and oxygen atoms in total. The third-order valence-corrected chi connectivity index (χ3v) is 4.69. The predicted octanol–water partition coefficient (Wildman–Crippen LogP) is 3.66. The van der Waals surface area contributed by atoms with Gasteiger partial charge >= 0.3 is 0 Å². The number of rotatable bonds is 5. The first-order chi connectivity index (χ1) is 8.20. The van der Waals surface area contributed by atoms with E-state index in [0.717, 1.165) is 13.0 Å². The zero-order valence-corrected chi connectivity index (χ0v) is 12.2. The van der Waals surface area contributed by atoms with Crippen molar-refractivity contribution in [2.75, 3.05) is 12.3 Å². The molecule has 1 aliphatic rings. The Morgan fingerprint density at radius 1 is 1.41 bits per heavy atom. The summed E-state index contributed by atoms with van der Waals surface area (Å²) in [5.74, 6) is 1.21. The minimum absolute atomic E-state index is 0.132. The highest BCUT2D eigenvalue weighted by Gasteiger charge is 2.18. The third kappa shape index (κ3) is 3.54. The molecular formula is C13H17Cl2NS. The highest BCUT2D eigenvalue weighted by atomic mass is 35.5. The number of benzene rings is 1. The second-order valence-corrected chi connectivity index (χ2v) is 6.54. The fourth-order valence-electron chi connectivity index (χ4n) is 2.10. The Balaban J connectivity index is 2.07. The van der Waals surface area contributed by atoms with Crippen molar-refractivity contribution < 1.29 is 0 Å². The summed E-state index contributed by atoms with van der Waals surface area (Å²) < 4.78 is 0. The van der Waals surface area contributed by atoms with E-state index < -0.39 is 0 Å². The Morgan fingerprint density at radius 2 is 2.24 bits per heavy atom.